The fraction of sp³-hybridized carbons (Fsp3) is 0.421. The van der Waals surface area contributed by atoms with Crippen molar-refractivity contribution in [3.63, 3.8) is 0 Å². The molecule has 1 aromatic heterocycles. The summed E-state index contributed by atoms with van der Waals surface area (Å²) in [5.41, 5.74) is 1.35. The zero-order chi connectivity index (χ0) is 16.8. The molecule has 128 valence electrons. The molecule has 1 atom stereocenters. The first-order chi connectivity index (χ1) is 11.8. The maximum Gasteiger partial charge on any atom is 0.265 e. The first kappa shape index (κ1) is 17.0. The van der Waals surface area contributed by atoms with Crippen molar-refractivity contribution in [1.29, 1.82) is 0 Å². The largest absolute Gasteiger partial charge is 0.495 e. The highest BCUT2D eigenvalue weighted by molar-refractivity contribution is 7.12. The van der Waals surface area contributed by atoms with Crippen LogP contribution < -0.4 is 10.1 Å². The van der Waals surface area contributed by atoms with E-state index in [9.17, 15) is 4.79 Å². The molecule has 1 N–H and O–H groups in total. The summed E-state index contributed by atoms with van der Waals surface area (Å²) in [4.78, 5) is 15.5. The van der Waals surface area contributed by atoms with Crippen LogP contribution in [0.2, 0.25) is 0 Å². The third-order valence-electron chi connectivity index (χ3n) is 4.46. The van der Waals surface area contributed by atoms with Crippen LogP contribution in [0.3, 0.4) is 0 Å². The van der Waals surface area contributed by atoms with Gasteiger partial charge in [0.2, 0.25) is 0 Å². The van der Waals surface area contributed by atoms with Crippen LogP contribution in [0.25, 0.3) is 0 Å². The number of hydrogen-bond donors (Lipinski definition) is 1. The molecule has 4 nitrogen and oxygen atoms in total. The topological polar surface area (TPSA) is 41.6 Å². The fourth-order valence-corrected chi connectivity index (χ4v) is 4.02. The van der Waals surface area contributed by atoms with Crippen LogP contribution in [0.4, 0.5) is 0 Å². The van der Waals surface area contributed by atoms with Gasteiger partial charge in [0, 0.05) is 19.6 Å². The summed E-state index contributed by atoms with van der Waals surface area (Å²) in [6.07, 6.45) is 2.36. The Labute approximate surface area is 147 Å². The van der Waals surface area contributed by atoms with E-state index < -0.39 is 0 Å². The van der Waals surface area contributed by atoms with E-state index in [1.54, 1.807) is 7.11 Å². The number of nitrogens with zero attached hydrogens (tertiary/aromatic N) is 1. The van der Waals surface area contributed by atoms with E-state index in [2.05, 4.69) is 40.5 Å². The number of piperidine rings is 1. The highest BCUT2D eigenvalue weighted by atomic mass is 32.1. The third kappa shape index (κ3) is 4.36. The van der Waals surface area contributed by atoms with E-state index in [0.717, 1.165) is 26.2 Å². The normalized spacial score (nSPS) is 18.3. The molecule has 5 heteroatoms. The Morgan fingerprint density at radius 2 is 2.17 bits per heavy atom. The number of methoxy groups -OCH3 is 1. The second kappa shape index (κ2) is 8.31. The second-order valence-corrected chi connectivity index (χ2v) is 7.17. The van der Waals surface area contributed by atoms with Gasteiger partial charge in [-0.05, 0) is 42.3 Å². The number of thiophene rings is 1. The number of ether oxygens (including phenoxy) is 1. The first-order valence-corrected chi connectivity index (χ1v) is 9.30. The number of carbonyl (C=O) groups excluding carboxylic acids is 1. The molecule has 24 heavy (non-hydrogen) atoms. The van der Waals surface area contributed by atoms with Crippen LogP contribution in [0.15, 0.2) is 41.8 Å². The number of nitrogens with one attached hydrogen (secondary N) is 1. The van der Waals surface area contributed by atoms with E-state index in [1.807, 2.05) is 11.4 Å². The monoisotopic (exact) mass is 344 g/mol. The van der Waals surface area contributed by atoms with Crippen molar-refractivity contribution in [2.24, 2.45) is 5.92 Å². The Bertz CT molecular complexity index is 656. The van der Waals surface area contributed by atoms with Gasteiger partial charge in [-0.3, -0.25) is 9.69 Å². The lowest BCUT2D eigenvalue weighted by atomic mass is 9.97. The Hall–Kier alpha value is -1.85. The summed E-state index contributed by atoms with van der Waals surface area (Å²) in [6, 6.07) is 12.4. The minimum absolute atomic E-state index is 0.0259. The maximum atomic E-state index is 12.3. The molecule has 1 aliphatic rings. The quantitative estimate of drug-likeness (QED) is 0.873. The minimum atomic E-state index is -0.0259. The van der Waals surface area contributed by atoms with E-state index in [1.165, 1.54) is 29.7 Å². The van der Waals surface area contributed by atoms with Crippen LogP contribution in [0, 0.1) is 5.92 Å². The zero-order valence-electron chi connectivity index (χ0n) is 14.0. The molecule has 1 aromatic carbocycles. The minimum Gasteiger partial charge on any atom is -0.495 e. The Morgan fingerprint density at radius 3 is 2.96 bits per heavy atom. The molecular weight excluding hydrogens is 320 g/mol. The van der Waals surface area contributed by atoms with Crippen molar-refractivity contribution in [2.45, 2.75) is 19.4 Å². The van der Waals surface area contributed by atoms with E-state index >= 15 is 0 Å². The summed E-state index contributed by atoms with van der Waals surface area (Å²) >= 11 is 1.42. The molecule has 3 rings (SSSR count). The molecule has 1 unspecified atom stereocenters. The number of benzene rings is 1. The molecule has 2 aromatic rings. The SMILES string of the molecule is COc1ccsc1C(=O)NCC1CCCN(Cc2ccccc2)C1. The first-order valence-electron chi connectivity index (χ1n) is 8.42. The standard InChI is InChI=1S/C19H24N2O2S/c1-23-17-9-11-24-18(17)19(22)20-12-16-8-5-10-21(14-16)13-15-6-3-2-4-7-15/h2-4,6-7,9,11,16H,5,8,10,12-14H2,1H3,(H,20,22). The van der Waals surface area contributed by atoms with Crippen LogP contribution in [-0.2, 0) is 6.54 Å². The van der Waals surface area contributed by atoms with Gasteiger partial charge in [-0.25, -0.2) is 0 Å². The summed E-state index contributed by atoms with van der Waals surface area (Å²) in [5, 5.41) is 4.96. The number of carbonyl (C=O) groups is 1. The lowest BCUT2D eigenvalue weighted by Gasteiger charge is -2.32. The molecule has 2 heterocycles. The number of amides is 1. The van der Waals surface area contributed by atoms with Crippen molar-refractivity contribution in [3.8, 4) is 5.75 Å². The van der Waals surface area contributed by atoms with Gasteiger partial charge in [0.05, 0.1) is 7.11 Å². The number of likely N-dealkylation sites (tertiary alicyclic amines) is 1. The molecular formula is C19H24N2O2S. The predicted molar refractivity (Wildman–Crippen MR) is 97.6 cm³/mol. The summed E-state index contributed by atoms with van der Waals surface area (Å²) in [7, 11) is 1.60. The van der Waals surface area contributed by atoms with Gasteiger partial charge in [-0.15, -0.1) is 11.3 Å². The molecule has 0 saturated carbocycles. The van der Waals surface area contributed by atoms with Crippen molar-refractivity contribution in [2.75, 3.05) is 26.7 Å². The average Bonchev–Trinajstić information content (AvgIpc) is 3.10. The lowest BCUT2D eigenvalue weighted by Crippen LogP contribution is -2.40. The second-order valence-electron chi connectivity index (χ2n) is 6.26. The molecule has 1 amide bonds. The van der Waals surface area contributed by atoms with Crippen LogP contribution >= 0.6 is 11.3 Å². The van der Waals surface area contributed by atoms with Gasteiger partial charge in [0.25, 0.3) is 5.91 Å². The average molecular weight is 344 g/mol. The van der Waals surface area contributed by atoms with Gasteiger partial charge in [-0.2, -0.15) is 0 Å². The van der Waals surface area contributed by atoms with Crippen LogP contribution in [0.1, 0.15) is 28.1 Å². The van der Waals surface area contributed by atoms with Crippen molar-refractivity contribution < 1.29 is 9.53 Å². The van der Waals surface area contributed by atoms with E-state index in [4.69, 9.17) is 4.74 Å². The fourth-order valence-electron chi connectivity index (χ4n) is 3.24. The summed E-state index contributed by atoms with van der Waals surface area (Å²) < 4.78 is 5.22. The zero-order valence-corrected chi connectivity index (χ0v) is 14.8. The van der Waals surface area contributed by atoms with Gasteiger partial charge < -0.3 is 10.1 Å². The maximum absolute atomic E-state index is 12.3. The van der Waals surface area contributed by atoms with Gasteiger partial charge in [0.1, 0.15) is 10.6 Å². The van der Waals surface area contributed by atoms with Gasteiger partial charge in [0.15, 0.2) is 0 Å². The molecule has 0 spiro atoms. The molecule has 0 radical (unpaired) electrons. The van der Waals surface area contributed by atoms with Crippen LogP contribution in [-0.4, -0.2) is 37.6 Å². The predicted octanol–water partition coefficient (Wildman–Crippen LogP) is 3.40. The lowest BCUT2D eigenvalue weighted by molar-refractivity contribution is 0.0932. The highest BCUT2D eigenvalue weighted by Crippen LogP contribution is 2.24. The van der Waals surface area contributed by atoms with Crippen LogP contribution in [0.5, 0.6) is 5.75 Å². The number of rotatable bonds is 6. The molecule has 0 bridgehead atoms. The summed E-state index contributed by atoms with van der Waals surface area (Å²) in [5.74, 6) is 1.14. The van der Waals surface area contributed by atoms with Crippen molar-refractivity contribution in [1.82, 2.24) is 10.2 Å². The molecule has 1 fully saturated rings. The van der Waals surface area contributed by atoms with Gasteiger partial charge >= 0.3 is 0 Å². The molecule has 1 saturated heterocycles. The van der Waals surface area contributed by atoms with Gasteiger partial charge in [-0.1, -0.05) is 30.3 Å². The smallest absolute Gasteiger partial charge is 0.265 e. The Balaban J connectivity index is 1.49. The summed E-state index contributed by atoms with van der Waals surface area (Å²) in [6.45, 7) is 3.89. The Morgan fingerprint density at radius 1 is 1.33 bits per heavy atom. The van der Waals surface area contributed by atoms with E-state index in [-0.39, 0.29) is 5.91 Å². The van der Waals surface area contributed by atoms with Crippen molar-refractivity contribution >= 4 is 17.2 Å². The van der Waals surface area contributed by atoms with Crippen molar-refractivity contribution in [3.05, 3.63) is 52.2 Å². The van der Waals surface area contributed by atoms with E-state index in [0.29, 0.717) is 16.5 Å². The highest BCUT2D eigenvalue weighted by Gasteiger charge is 2.21. The Kier molecular flexibility index (Phi) is 5.88. The molecule has 0 aliphatic carbocycles. The number of hydrogen-bond acceptors (Lipinski definition) is 4. The third-order valence-corrected chi connectivity index (χ3v) is 5.35. The molecule has 1 aliphatic heterocycles.